The Balaban J connectivity index is 1.18. The first-order valence-corrected chi connectivity index (χ1v) is 17.4. The summed E-state index contributed by atoms with van der Waals surface area (Å²) in [5.74, 6) is -0.0920. The Hall–Kier alpha value is -2.05. The van der Waals surface area contributed by atoms with Gasteiger partial charge >= 0.3 is 13.5 Å². The molecule has 1 saturated heterocycles. The van der Waals surface area contributed by atoms with E-state index in [2.05, 4.69) is 47.5 Å². The Bertz CT molecular complexity index is 1490. The van der Waals surface area contributed by atoms with E-state index in [1.54, 1.807) is 4.57 Å². The molecular weight excluding hydrogens is 608 g/mol. The quantitative estimate of drug-likeness (QED) is 0.128. The second kappa shape index (κ2) is 12.1. The van der Waals surface area contributed by atoms with E-state index in [0.29, 0.717) is 37.3 Å². The molecule has 1 aliphatic carbocycles. The van der Waals surface area contributed by atoms with Crippen LogP contribution in [0.4, 0.5) is 11.9 Å². The summed E-state index contributed by atoms with van der Waals surface area (Å²) < 4.78 is 35.7. The third kappa shape index (κ3) is 7.42. The fourth-order valence-corrected chi connectivity index (χ4v) is 6.86. The zero-order valence-corrected chi connectivity index (χ0v) is 24.2. The highest BCUT2D eigenvalue weighted by atomic mass is 32.7. The third-order valence-electron chi connectivity index (χ3n) is 6.45. The molecule has 4 heterocycles. The van der Waals surface area contributed by atoms with Gasteiger partial charge in [-0.05, 0) is 37.5 Å². The number of nitrogen functional groups attached to an aromatic ring is 1. The minimum Gasteiger partial charge on any atom is -0.369 e. The number of H-pyrrole nitrogens is 1. The number of nitrogens with zero attached hydrogens (tertiary/aromatic N) is 6. The Labute approximate surface area is 237 Å². The van der Waals surface area contributed by atoms with Crippen LogP contribution in [-0.4, -0.2) is 75.7 Å². The van der Waals surface area contributed by atoms with Gasteiger partial charge in [0, 0.05) is 12.0 Å². The highest BCUT2D eigenvalue weighted by Crippen LogP contribution is 2.52. The number of fused-ring (bicyclic) bond motifs is 1. The van der Waals surface area contributed by atoms with Crippen molar-refractivity contribution in [2.24, 2.45) is 5.92 Å². The van der Waals surface area contributed by atoms with Crippen LogP contribution in [0.2, 0.25) is 0 Å². The van der Waals surface area contributed by atoms with Crippen molar-refractivity contribution in [3.05, 3.63) is 29.3 Å². The smallest absolute Gasteiger partial charge is 0.369 e. The van der Waals surface area contributed by atoms with Gasteiger partial charge in [0.05, 0.1) is 31.7 Å². The molecule has 3 aromatic rings. The predicted octanol–water partition coefficient (Wildman–Crippen LogP) is 1.12. The van der Waals surface area contributed by atoms with E-state index in [1.165, 1.54) is 19.0 Å². The molecule has 1 saturated carbocycles. The summed E-state index contributed by atoms with van der Waals surface area (Å²) in [6.45, 7) is -7.99. The lowest BCUT2D eigenvalue weighted by molar-refractivity contribution is -0.0213. The van der Waals surface area contributed by atoms with E-state index >= 15 is 0 Å². The summed E-state index contributed by atoms with van der Waals surface area (Å²) in [4.78, 5) is 54.9. The molecule has 17 nitrogen and oxygen atoms in total. The van der Waals surface area contributed by atoms with Gasteiger partial charge in [0.1, 0.15) is 18.9 Å². The second-order valence-corrected chi connectivity index (χ2v) is 14.8. The molecule has 1 aliphatic heterocycles. The molecule has 0 radical (unpaired) electrons. The Kier molecular flexibility index (Phi) is 8.87. The van der Waals surface area contributed by atoms with Crippen LogP contribution in [-0.2, 0) is 34.7 Å². The molecule has 0 spiro atoms. The minimum atomic E-state index is -4.04. The van der Waals surface area contributed by atoms with Crippen LogP contribution < -0.4 is 16.6 Å². The number of aromatic amines is 1. The molecule has 21 heteroatoms. The number of nitrogens with two attached hydrogens (primary N) is 1. The van der Waals surface area contributed by atoms with Crippen LogP contribution in [0, 0.1) is 5.92 Å². The summed E-state index contributed by atoms with van der Waals surface area (Å²) >= 11 is 8.83. The van der Waals surface area contributed by atoms with E-state index in [9.17, 15) is 19.1 Å². The molecule has 5 rings (SSSR count). The number of hydrogen-bond donors (Lipinski definition) is 6. The molecule has 2 aliphatic rings. The Morgan fingerprint density at radius 2 is 2.00 bits per heavy atom. The fraction of sp³-hybridized carbons (Fsp3) is 0.579. The van der Waals surface area contributed by atoms with E-state index in [-0.39, 0.29) is 30.7 Å². The topological polar surface area (TPSA) is 235 Å². The standard InChI is InChI=1S/C19H27N9O8P2S2/c20-18-26-16-15(17(29)27-18)24-9-28(16)14-2-1-12(35-14)6-34-38(32,40)36-13-4-11(25-19-22-7-21-8-23-19)3-10(13)5-33-37(30,31)39/h7-14H,1-6H2,(H,32,40)(H2,30,31,39)(H3,20,26,27,29)(H,21,22,23,25)/t10-,11-,12+,13+,14-,38?/m1/s1. The van der Waals surface area contributed by atoms with Gasteiger partial charge in [-0.1, -0.05) is 12.2 Å². The molecular formula is C19H27N9O8P2S2. The number of nitrogens with one attached hydrogen (secondary N) is 2. The summed E-state index contributed by atoms with van der Waals surface area (Å²) in [5, 5.41) is 3.14. The number of aromatic nitrogens is 7. The van der Waals surface area contributed by atoms with Crippen LogP contribution in [0.1, 0.15) is 31.9 Å². The number of rotatable bonds is 11. The van der Waals surface area contributed by atoms with Gasteiger partial charge in [0.15, 0.2) is 11.2 Å². The molecule has 40 heavy (non-hydrogen) atoms. The molecule has 6 N–H and O–H groups in total. The molecule has 0 amide bonds. The predicted molar refractivity (Wildman–Crippen MR) is 148 cm³/mol. The van der Waals surface area contributed by atoms with Crippen molar-refractivity contribution >= 4 is 60.6 Å². The highest BCUT2D eigenvalue weighted by molar-refractivity contribution is 8.44. The zero-order chi connectivity index (χ0) is 28.5. The number of thiol groups is 1. The number of ether oxygens (including phenoxy) is 1. The lowest BCUT2D eigenvalue weighted by Crippen LogP contribution is -2.23. The third-order valence-corrected chi connectivity index (χ3v) is 8.87. The van der Waals surface area contributed by atoms with Gasteiger partial charge in [-0.2, -0.15) is 4.98 Å². The Morgan fingerprint density at radius 1 is 1.23 bits per heavy atom. The Morgan fingerprint density at radius 3 is 2.75 bits per heavy atom. The number of anilines is 2. The first-order valence-electron chi connectivity index (χ1n) is 12.1. The first kappa shape index (κ1) is 29.4. The summed E-state index contributed by atoms with van der Waals surface area (Å²) in [5.41, 5.74) is 5.66. The largest absolute Gasteiger partial charge is 0.383 e. The minimum absolute atomic E-state index is 0.0345. The van der Waals surface area contributed by atoms with Crippen molar-refractivity contribution in [1.82, 2.24) is 34.5 Å². The van der Waals surface area contributed by atoms with E-state index < -0.39 is 43.4 Å². The van der Waals surface area contributed by atoms with Crippen molar-refractivity contribution in [1.29, 1.82) is 0 Å². The van der Waals surface area contributed by atoms with Gasteiger partial charge in [-0.3, -0.25) is 14.3 Å². The maximum atomic E-state index is 12.1. The number of imidazole rings is 1. The summed E-state index contributed by atoms with van der Waals surface area (Å²) in [7, 11) is 0. The molecule has 3 aromatic heterocycles. The van der Waals surface area contributed by atoms with Crippen molar-refractivity contribution in [2.75, 3.05) is 24.3 Å². The summed E-state index contributed by atoms with van der Waals surface area (Å²) in [6.07, 6.45) is 4.56. The first-order chi connectivity index (χ1) is 19.0. The van der Waals surface area contributed by atoms with Crippen molar-refractivity contribution in [3.8, 4) is 0 Å². The van der Waals surface area contributed by atoms with Crippen molar-refractivity contribution in [3.63, 3.8) is 0 Å². The average Bonchev–Trinajstić information content (AvgIpc) is 3.60. The van der Waals surface area contributed by atoms with Crippen LogP contribution in [0.25, 0.3) is 11.2 Å². The fourth-order valence-electron chi connectivity index (χ4n) is 4.74. The van der Waals surface area contributed by atoms with E-state index in [4.69, 9.17) is 35.8 Å². The van der Waals surface area contributed by atoms with Gasteiger partial charge in [-0.25, -0.2) is 24.5 Å². The lowest BCUT2D eigenvalue weighted by Gasteiger charge is -2.25. The second-order valence-electron chi connectivity index (χ2n) is 9.29. The summed E-state index contributed by atoms with van der Waals surface area (Å²) in [6, 6.07) is -0.201. The van der Waals surface area contributed by atoms with Gasteiger partial charge < -0.3 is 39.1 Å². The van der Waals surface area contributed by atoms with Crippen molar-refractivity contribution < 1.29 is 32.7 Å². The lowest BCUT2D eigenvalue weighted by atomic mass is 10.1. The zero-order valence-electron chi connectivity index (χ0n) is 20.7. The highest BCUT2D eigenvalue weighted by Gasteiger charge is 2.40. The van der Waals surface area contributed by atoms with Gasteiger partial charge in [0.25, 0.3) is 5.56 Å². The monoisotopic (exact) mass is 635 g/mol. The van der Waals surface area contributed by atoms with Gasteiger partial charge in [0.2, 0.25) is 11.9 Å². The molecule has 2 unspecified atom stereocenters. The van der Waals surface area contributed by atoms with E-state index in [0.717, 1.165) is 0 Å². The average molecular weight is 636 g/mol. The SMILES string of the molecule is Nc1nc2c(ncn2[C@H]2CC[C@@H](COP(O)(=S)O[C@H]3C[C@H](Nc4ncncn4)C[C@@H]3COP(=O)(O)S)O2)c(=O)[nH]1. The molecule has 0 aromatic carbocycles. The van der Waals surface area contributed by atoms with E-state index in [1.807, 2.05) is 0 Å². The maximum Gasteiger partial charge on any atom is 0.383 e. The van der Waals surface area contributed by atoms with Crippen LogP contribution in [0.5, 0.6) is 0 Å². The molecule has 0 bridgehead atoms. The molecule has 218 valence electrons. The van der Waals surface area contributed by atoms with Crippen LogP contribution in [0.15, 0.2) is 23.8 Å². The van der Waals surface area contributed by atoms with Crippen LogP contribution >= 0.6 is 25.8 Å². The van der Waals surface area contributed by atoms with Crippen molar-refractivity contribution in [2.45, 2.75) is 50.2 Å². The van der Waals surface area contributed by atoms with Crippen LogP contribution in [0.3, 0.4) is 0 Å². The maximum absolute atomic E-state index is 12.1. The molecule has 2 fully saturated rings. The van der Waals surface area contributed by atoms with Gasteiger partial charge in [-0.15, -0.1) is 0 Å². The number of hydrogen-bond acceptors (Lipinski definition) is 14. The molecule has 7 atom stereocenters. The normalized spacial score (nSPS) is 27.9.